The molecule has 19 nitrogen and oxygen atoms in total. The van der Waals surface area contributed by atoms with Gasteiger partial charge in [0.15, 0.2) is 12.3 Å². The van der Waals surface area contributed by atoms with Crippen molar-refractivity contribution >= 4 is 33.4 Å². The number of hydrogen-bond donors (Lipinski definition) is 6. The summed E-state index contributed by atoms with van der Waals surface area (Å²) in [6.07, 6.45) is 37.3. The van der Waals surface area contributed by atoms with E-state index >= 15 is 0 Å². The van der Waals surface area contributed by atoms with Crippen LogP contribution in [-0.4, -0.2) is 96.9 Å². The van der Waals surface area contributed by atoms with Crippen molar-refractivity contribution in [1.29, 1.82) is 0 Å². The molecule has 0 bridgehead atoms. The predicted octanol–water partition coefficient (Wildman–Crippen LogP) is 9.86. The standard InChI is InChI=1S/C52H85N3O16P2/c1-3-5-7-9-11-13-15-17-18-19-20-22-24-26-28-30-32-36-48(58)69-44(40-66-47(57)37-33-35-43(56)34-31-29-27-25-23-21-16-14-12-10-8-6-4-2)41-67-72(62,63)71-73(64,65)68-42-45-49(59)50(60)51(70-45)55-39-38-46(53)54-52(55)61/h17-18,20-23,26-29,31,34,38-39,43-45,49-51,56,59-60H,3-16,19,24-25,30,32-33,35-37,40-42H2,1-2H3,(H,62,63)(H,64,65)(H2,53,54,61)/b18-17-,22-20-,23-21+,28-26-,29-27+,34-31+/t43?,44-,45-,49-,50-,51-/m1/s1. The SMILES string of the molecule is CCCCCCCC/C=C\C/C=C\C/C=C\CCCC(=O)O[C@H](COC(=O)CCCC(O)/C=C/C=C/C/C=C/CCCCCCCC)COP(=O)(O)OP(=O)(O)OC[C@H]1O[C@@H](n2ccc(N)nc2=O)[C@H](O)[C@@H]1O. The van der Waals surface area contributed by atoms with Crippen LogP contribution >= 0.6 is 15.6 Å². The molecule has 2 rings (SSSR count). The fraction of sp³-hybridized carbons (Fsp3) is 0.654. The van der Waals surface area contributed by atoms with E-state index in [9.17, 15) is 48.6 Å². The molecular weight excluding hydrogens is 985 g/mol. The van der Waals surface area contributed by atoms with Gasteiger partial charge in [-0.15, -0.1) is 0 Å². The minimum atomic E-state index is -5.48. The number of aliphatic hydroxyl groups is 3. The number of nitrogen functional groups attached to an aromatic ring is 1. The topological polar surface area (TPSA) is 286 Å². The Kier molecular flexibility index (Phi) is 35.4. The fourth-order valence-corrected chi connectivity index (χ4v) is 9.39. The summed E-state index contributed by atoms with van der Waals surface area (Å²) in [7, 11) is -10.9. The number of carbonyl (C=O) groups excluding carboxylic acids is 2. The normalized spacial score (nSPS) is 20.0. The molecule has 21 heteroatoms. The third-order valence-electron chi connectivity index (χ3n) is 11.4. The van der Waals surface area contributed by atoms with Gasteiger partial charge in [0.05, 0.1) is 19.3 Å². The Balaban J connectivity index is 1.87. The lowest BCUT2D eigenvalue weighted by molar-refractivity contribution is -0.161. The lowest BCUT2D eigenvalue weighted by Gasteiger charge is -2.21. The molecule has 1 aliphatic heterocycles. The number of aromatic nitrogens is 2. The van der Waals surface area contributed by atoms with Crippen molar-refractivity contribution in [3.8, 4) is 0 Å². The molecule has 1 aliphatic rings. The Morgan fingerprint density at radius 3 is 1.89 bits per heavy atom. The molecular formula is C52H85N3O16P2. The average Bonchev–Trinajstić information content (AvgIpc) is 3.62. The third-order valence-corrected chi connectivity index (χ3v) is 14.0. The van der Waals surface area contributed by atoms with Gasteiger partial charge < -0.3 is 45.1 Å². The summed E-state index contributed by atoms with van der Waals surface area (Å²) in [5.74, 6) is -1.57. The first-order valence-electron chi connectivity index (χ1n) is 26.1. The fourth-order valence-electron chi connectivity index (χ4n) is 7.28. The van der Waals surface area contributed by atoms with Crippen molar-refractivity contribution < 1.29 is 71.4 Å². The van der Waals surface area contributed by atoms with Gasteiger partial charge in [0.2, 0.25) is 0 Å². The summed E-state index contributed by atoms with van der Waals surface area (Å²) in [4.78, 5) is 61.9. The Morgan fingerprint density at radius 1 is 0.726 bits per heavy atom. The van der Waals surface area contributed by atoms with E-state index in [0.717, 1.165) is 42.9 Å². The van der Waals surface area contributed by atoms with Crippen LogP contribution in [0.15, 0.2) is 90.0 Å². The first-order valence-corrected chi connectivity index (χ1v) is 29.0. The Morgan fingerprint density at radius 2 is 1.27 bits per heavy atom. The van der Waals surface area contributed by atoms with Crippen molar-refractivity contribution in [2.45, 2.75) is 198 Å². The number of phosphoric acid groups is 2. The smallest absolute Gasteiger partial charge is 0.462 e. The maximum Gasteiger partial charge on any atom is 0.481 e. The zero-order valence-corrected chi connectivity index (χ0v) is 44.8. The van der Waals surface area contributed by atoms with Crippen LogP contribution in [-0.2, 0) is 46.3 Å². The molecule has 0 amide bonds. The molecule has 1 fully saturated rings. The molecule has 1 aromatic heterocycles. The Labute approximate surface area is 432 Å². The van der Waals surface area contributed by atoms with E-state index in [-0.39, 0.29) is 31.5 Å². The summed E-state index contributed by atoms with van der Waals surface area (Å²) >= 11 is 0. The van der Waals surface area contributed by atoms with Gasteiger partial charge in [0.25, 0.3) is 0 Å². The second-order valence-corrected chi connectivity index (χ2v) is 20.9. The number of aliphatic hydroxyl groups excluding tert-OH is 3. The zero-order valence-electron chi connectivity index (χ0n) is 43.0. The second-order valence-electron chi connectivity index (χ2n) is 17.9. The van der Waals surface area contributed by atoms with Crippen LogP contribution in [0.25, 0.3) is 0 Å². The van der Waals surface area contributed by atoms with Crippen molar-refractivity contribution in [3.05, 3.63) is 95.7 Å². The second kappa shape index (κ2) is 39.6. The molecule has 1 saturated heterocycles. The van der Waals surface area contributed by atoms with Crippen LogP contribution in [0.4, 0.5) is 5.82 Å². The van der Waals surface area contributed by atoms with E-state index in [0.29, 0.717) is 12.8 Å². The number of nitrogens with zero attached hydrogens (tertiary/aromatic N) is 2. The van der Waals surface area contributed by atoms with Gasteiger partial charge in [-0.1, -0.05) is 151 Å². The number of phosphoric ester groups is 2. The van der Waals surface area contributed by atoms with Crippen molar-refractivity contribution in [3.63, 3.8) is 0 Å². The molecule has 73 heavy (non-hydrogen) atoms. The Hall–Kier alpha value is -3.84. The number of unbranched alkanes of at least 4 members (excludes halogenated alkanes) is 13. The number of anilines is 1. The van der Waals surface area contributed by atoms with Gasteiger partial charge in [0, 0.05) is 19.0 Å². The van der Waals surface area contributed by atoms with Gasteiger partial charge >= 0.3 is 33.3 Å². The highest BCUT2D eigenvalue weighted by atomic mass is 31.3. The van der Waals surface area contributed by atoms with Crippen LogP contribution in [0.5, 0.6) is 0 Å². The van der Waals surface area contributed by atoms with Crippen LogP contribution in [0.3, 0.4) is 0 Å². The van der Waals surface area contributed by atoms with Gasteiger partial charge in [0.1, 0.15) is 30.7 Å². The molecule has 7 N–H and O–H groups in total. The minimum absolute atomic E-state index is 0.0638. The number of rotatable bonds is 42. The van der Waals surface area contributed by atoms with Gasteiger partial charge in [-0.05, 0) is 76.7 Å². The summed E-state index contributed by atoms with van der Waals surface area (Å²) in [6.45, 7) is 1.91. The lowest BCUT2D eigenvalue weighted by Crippen LogP contribution is -2.36. The predicted molar refractivity (Wildman–Crippen MR) is 281 cm³/mol. The van der Waals surface area contributed by atoms with E-state index < -0.39 is 89.8 Å². The molecule has 1 aromatic rings. The monoisotopic (exact) mass is 1070 g/mol. The number of carbonyl (C=O) groups is 2. The third kappa shape index (κ3) is 32.3. The molecule has 0 saturated carbocycles. The van der Waals surface area contributed by atoms with Gasteiger partial charge in [-0.3, -0.25) is 23.2 Å². The first-order chi connectivity index (χ1) is 35.1. The quantitative estimate of drug-likeness (QED) is 0.0117. The highest BCUT2D eigenvalue weighted by Crippen LogP contribution is 2.60. The molecule has 0 aromatic carbocycles. The highest BCUT2D eigenvalue weighted by molar-refractivity contribution is 7.61. The van der Waals surface area contributed by atoms with Crippen LogP contribution in [0, 0.1) is 0 Å². The number of hydrogen-bond acceptors (Lipinski definition) is 16. The molecule has 0 aliphatic carbocycles. The minimum Gasteiger partial charge on any atom is -0.462 e. The van der Waals surface area contributed by atoms with Crippen molar-refractivity contribution in [1.82, 2.24) is 9.55 Å². The summed E-state index contributed by atoms with van der Waals surface area (Å²) in [6, 6.07) is 1.23. The molecule has 2 heterocycles. The summed E-state index contributed by atoms with van der Waals surface area (Å²) in [5, 5.41) is 31.3. The van der Waals surface area contributed by atoms with Gasteiger partial charge in [-0.2, -0.15) is 9.29 Å². The first kappa shape index (κ1) is 65.3. The number of ether oxygens (including phenoxy) is 3. The summed E-state index contributed by atoms with van der Waals surface area (Å²) in [5.41, 5.74) is 4.57. The van der Waals surface area contributed by atoms with Crippen molar-refractivity contribution in [2.24, 2.45) is 0 Å². The Bertz CT molecular complexity index is 2020. The van der Waals surface area contributed by atoms with E-state index in [1.807, 2.05) is 24.3 Å². The molecule has 8 atom stereocenters. The van der Waals surface area contributed by atoms with Gasteiger partial charge in [-0.25, -0.2) is 13.9 Å². The largest absolute Gasteiger partial charge is 0.481 e. The maximum atomic E-state index is 12.9. The number of allylic oxidation sites excluding steroid dienone is 11. The summed E-state index contributed by atoms with van der Waals surface area (Å²) < 4.78 is 56.6. The average molecular weight is 1070 g/mol. The number of nitrogens with two attached hydrogens (primary N) is 1. The lowest BCUT2D eigenvalue weighted by atomic mass is 10.1. The molecule has 3 unspecified atom stereocenters. The van der Waals surface area contributed by atoms with E-state index in [1.54, 1.807) is 12.2 Å². The van der Waals surface area contributed by atoms with Crippen LogP contribution in [0.1, 0.15) is 168 Å². The molecule has 414 valence electrons. The van der Waals surface area contributed by atoms with E-state index in [2.05, 4.69) is 59.6 Å². The van der Waals surface area contributed by atoms with E-state index in [4.69, 9.17) is 29.0 Å². The highest BCUT2D eigenvalue weighted by Gasteiger charge is 2.46. The maximum absolute atomic E-state index is 12.9. The number of esters is 2. The van der Waals surface area contributed by atoms with Crippen LogP contribution < -0.4 is 11.4 Å². The molecule has 0 radical (unpaired) electrons. The van der Waals surface area contributed by atoms with Crippen molar-refractivity contribution in [2.75, 3.05) is 25.6 Å². The zero-order chi connectivity index (χ0) is 53.6. The van der Waals surface area contributed by atoms with Crippen LogP contribution in [0.2, 0.25) is 0 Å². The molecule has 0 spiro atoms. The van der Waals surface area contributed by atoms with E-state index in [1.165, 1.54) is 83.1 Å².